The maximum Gasteiger partial charge on any atom is 0.267 e. The Morgan fingerprint density at radius 2 is 1.93 bits per heavy atom. The number of fused-ring (bicyclic) bond motifs is 1. The summed E-state index contributed by atoms with van der Waals surface area (Å²) in [6, 6.07) is 5.02. The van der Waals surface area contributed by atoms with Crippen molar-refractivity contribution in [1.29, 1.82) is 0 Å². The molecule has 3 N–H and O–H groups in total. The zero-order chi connectivity index (χ0) is 19.7. The molecule has 1 aromatic carbocycles. The molecular formula is C19H21N5O3S. The smallest absolute Gasteiger partial charge is 0.267 e. The number of primary amides is 1. The average Bonchev–Trinajstić information content (AvgIpc) is 3.18. The number of hydrogen-bond acceptors (Lipinski definition) is 6. The molecule has 1 aromatic heterocycles. The van der Waals surface area contributed by atoms with Gasteiger partial charge in [0.25, 0.3) is 11.5 Å². The average molecular weight is 399 g/mol. The molecule has 2 amide bonds. The van der Waals surface area contributed by atoms with Gasteiger partial charge in [-0.1, -0.05) is 11.8 Å². The maximum absolute atomic E-state index is 12.8. The van der Waals surface area contributed by atoms with Gasteiger partial charge < -0.3 is 16.0 Å². The van der Waals surface area contributed by atoms with Crippen molar-refractivity contribution in [3.63, 3.8) is 0 Å². The molecule has 4 rings (SSSR count). The van der Waals surface area contributed by atoms with E-state index in [1.54, 1.807) is 18.2 Å². The molecule has 0 bridgehead atoms. The number of carbonyl (C=O) groups is 2. The van der Waals surface area contributed by atoms with Gasteiger partial charge in [0.15, 0.2) is 5.16 Å². The third-order valence-corrected chi connectivity index (χ3v) is 6.00. The molecule has 0 aliphatic carbocycles. The first-order chi connectivity index (χ1) is 13.5. The number of aromatic nitrogens is 2. The Morgan fingerprint density at radius 1 is 1.14 bits per heavy atom. The molecule has 0 atom stereocenters. The molecular weight excluding hydrogens is 378 g/mol. The van der Waals surface area contributed by atoms with E-state index < -0.39 is 11.8 Å². The van der Waals surface area contributed by atoms with Crippen LogP contribution in [0.5, 0.6) is 0 Å². The summed E-state index contributed by atoms with van der Waals surface area (Å²) in [6.07, 6.45) is 4.63. The standard InChI is InChI=1S/C19H21N5O3S/c20-16(25)12-4-5-15(23-6-2-1-3-7-23)14(10-12)22-17(26)13-11-21-19-24(18(13)27)8-9-28-19/h4-5,10-11H,1-3,6-9H2,(H2,20,25)(H,22,26). The second-order valence-electron chi connectivity index (χ2n) is 6.86. The van der Waals surface area contributed by atoms with Gasteiger partial charge in [0.05, 0.1) is 11.4 Å². The molecule has 2 aliphatic heterocycles. The van der Waals surface area contributed by atoms with Gasteiger partial charge in [-0.15, -0.1) is 0 Å². The Hall–Kier alpha value is -2.81. The molecule has 0 spiro atoms. The van der Waals surface area contributed by atoms with Gasteiger partial charge >= 0.3 is 0 Å². The van der Waals surface area contributed by atoms with E-state index in [-0.39, 0.29) is 11.1 Å². The monoisotopic (exact) mass is 399 g/mol. The van der Waals surface area contributed by atoms with Crippen molar-refractivity contribution < 1.29 is 9.59 Å². The Kier molecular flexibility index (Phi) is 5.08. The number of benzene rings is 1. The van der Waals surface area contributed by atoms with E-state index >= 15 is 0 Å². The number of thioether (sulfide) groups is 1. The van der Waals surface area contributed by atoms with Crippen LogP contribution in [0, 0.1) is 0 Å². The minimum atomic E-state index is -0.572. The minimum Gasteiger partial charge on any atom is -0.370 e. The van der Waals surface area contributed by atoms with Crippen LogP contribution in [0.1, 0.15) is 40.0 Å². The molecule has 9 heteroatoms. The van der Waals surface area contributed by atoms with E-state index in [0.29, 0.717) is 23.0 Å². The van der Waals surface area contributed by atoms with Gasteiger partial charge in [0.2, 0.25) is 5.91 Å². The van der Waals surface area contributed by atoms with Crippen molar-refractivity contribution in [2.75, 3.05) is 29.1 Å². The van der Waals surface area contributed by atoms with Crippen molar-refractivity contribution in [3.8, 4) is 0 Å². The largest absolute Gasteiger partial charge is 0.370 e. The second kappa shape index (κ2) is 7.67. The van der Waals surface area contributed by atoms with E-state index in [4.69, 9.17) is 5.73 Å². The fraction of sp³-hybridized carbons (Fsp3) is 0.368. The van der Waals surface area contributed by atoms with Crippen LogP contribution in [-0.2, 0) is 6.54 Å². The van der Waals surface area contributed by atoms with Crippen LogP contribution in [0.2, 0.25) is 0 Å². The van der Waals surface area contributed by atoms with Crippen LogP contribution in [0.25, 0.3) is 0 Å². The predicted molar refractivity (Wildman–Crippen MR) is 108 cm³/mol. The van der Waals surface area contributed by atoms with Crippen LogP contribution < -0.4 is 21.5 Å². The fourth-order valence-electron chi connectivity index (χ4n) is 3.56. The zero-order valence-corrected chi connectivity index (χ0v) is 16.1. The lowest BCUT2D eigenvalue weighted by Gasteiger charge is -2.30. The highest BCUT2D eigenvalue weighted by Gasteiger charge is 2.22. The summed E-state index contributed by atoms with van der Waals surface area (Å²) < 4.78 is 1.52. The highest BCUT2D eigenvalue weighted by molar-refractivity contribution is 7.99. The molecule has 0 saturated carbocycles. The lowest BCUT2D eigenvalue weighted by molar-refractivity contribution is 0.0995. The van der Waals surface area contributed by atoms with Crippen LogP contribution in [0.4, 0.5) is 11.4 Å². The molecule has 1 saturated heterocycles. The number of nitrogens with two attached hydrogens (primary N) is 1. The van der Waals surface area contributed by atoms with Crippen molar-refractivity contribution in [2.45, 2.75) is 31.0 Å². The van der Waals surface area contributed by atoms with Gasteiger partial charge in [-0.25, -0.2) is 4.98 Å². The van der Waals surface area contributed by atoms with Crippen molar-refractivity contribution >= 4 is 35.0 Å². The van der Waals surface area contributed by atoms with Gasteiger partial charge in [-0.05, 0) is 37.5 Å². The van der Waals surface area contributed by atoms with E-state index in [9.17, 15) is 14.4 Å². The zero-order valence-electron chi connectivity index (χ0n) is 15.3. The Morgan fingerprint density at radius 3 is 2.68 bits per heavy atom. The summed E-state index contributed by atoms with van der Waals surface area (Å²) in [7, 11) is 0. The molecule has 3 heterocycles. The molecule has 146 valence electrons. The number of rotatable bonds is 4. The van der Waals surface area contributed by atoms with E-state index in [0.717, 1.165) is 37.4 Å². The van der Waals surface area contributed by atoms with Gasteiger partial charge in [-0.2, -0.15) is 0 Å². The quantitative estimate of drug-likeness (QED) is 0.757. The molecule has 2 aliphatic rings. The SMILES string of the molecule is NC(=O)c1ccc(N2CCCCC2)c(NC(=O)c2cnc3n(c2=O)CCS3)c1. The maximum atomic E-state index is 12.8. The summed E-state index contributed by atoms with van der Waals surface area (Å²) in [5.74, 6) is -0.339. The highest BCUT2D eigenvalue weighted by atomic mass is 32.2. The number of nitrogens with one attached hydrogen (secondary N) is 1. The Labute approximate surface area is 166 Å². The molecule has 2 aromatic rings. The van der Waals surface area contributed by atoms with E-state index in [1.807, 2.05) is 0 Å². The normalized spacial score (nSPS) is 15.9. The van der Waals surface area contributed by atoms with E-state index in [1.165, 1.54) is 28.9 Å². The number of amides is 2. The number of carbonyl (C=O) groups excluding carboxylic acids is 2. The number of hydrogen-bond donors (Lipinski definition) is 2. The van der Waals surface area contributed by atoms with Crippen LogP contribution in [-0.4, -0.2) is 40.2 Å². The molecule has 0 unspecified atom stereocenters. The lowest BCUT2D eigenvalue weighted by atomic mass is 10.1. The molecule has 0 radical (unpaired) electrons. The highest BCUT2D eigenvalue weighted by Crippen LogP contribution is 2.30. The first-order valence-electron chi connectivity index (χ1n) is 9.27. The molecule has 28 heavy (non-hydrogen) atoms. The number of anilines is 2. The van der Waals surface area contributed by atoms with Gasteiger partial charge in [0.1, 0.15) is 5.56 Å². The van der Waals surface area contributed by atoms with Gasteiger partial charge in [-0.3, -0.25) is 19.0 Å². The summed E-state index contributed by atoms with van der Waals surface area (Å²) >= 11 is 1.49. The fourth-order valence-corrected chi connectivity index (χ4v) is 4.48. The summed E-state index contributed by atoms with van der Waals surface area (Å²) in [5.41, 5.74) is 6.64. The molecule has 8 nitrogen and oxygen atoms in total. The molecule has 1 fully saturated rings. The Bertz CT molecular complexity index is 998. The second-order valence-corrected chi connectivity index (χ2v) is 7.92. The summed E-state index contributed by atoms with van der Waals surface area (Å²) in [6.45, 7) is 2.29. The van der Waals surface area contributed by atoms with Crippen LogP contribution in [0.3, 0.4) is 0 Å². The topological polar surface area (TPSA) is 110 Å². The summed E-state index contributed by atoms with van der Waals surface area (Å²) in [4.78, 5) is 43.5. The first-order valence-corrected chi connectivity index (χ1v) is 10.3. The van der Waals surface area contributed by atoms with Crippen molar-refractivity contribution in [1.82, 2.24) is 9.55 Å². The van der Waals surface area contributed by atoms with E-state index in [2.05, 4.69) is 15.2 Å². The van der Waals surface area contributed by atoms with Gasteiger partial charge in [0, 0.05) is 37.1 Å². The van der Waals surface area contributed by atoms with Crippen LogP contribution >= 0.6 is 11.8 Å². The summed E-state index contributed by atoms with van der Waals surface area (Å²) in [5, 5.41) is 3.43. The van der Waals surface area contributed by atoms with Crippen molar-refractivity contribution in [3.05, 3.63) is 45.9 Å². The van der Waals surface area contributed by atoms with Crippen molar-refractivity contribution in [2.24, 2.45) is 5.73 Å². The lowest BCUT2D eigenvalue weighted by Crippen LogP contribution is -2.32. The minimum absolute atomic E-state index is 0.0136. The number of nitrogens with zero attached hydrogens (tertiary/aromatic N) is 3. The van der Waals surface area contributed by atoms with Crippen LogP contribution in [0.15, 0.2) is 34.3 Å². The first kappa shape index (κ1) is 18.5. The number of piperidine rings is 1. The predicted octanol–water partition coefficient (Wildman–Crippen LogP) is 1.69. The third kappa shape index (κ3) is 3.49. The Balaban J connectivity index is 1.68. The third-order valence-electron chi connectivity index (χ3n) is 5.03.